The second-order valence-corrected chi connectivity index (χ2v) is 6.99. The van der Waals surface area contributed by atoms with E-state index in [2.05, 4.69) is 15.3 Å². The number of halogens is 1. The van der Waals surface area contributed by atoms with Crippen LogP contribution in [0.5, 0.6) is 5.75 Å². The largest absolute Gasteiger partial charge is 0.493 e. The molecular weight excluding hydrogens is 402 g/mol. The number of ether oxygens (including phenoxy) is 1. The van der Waals surface area contributed by atoms with Gasteiger partial charge in [0.1, 0.15) is 11.4 Å². The molecule has 0 radical (unpaired) electrons. The molecule has 0 aliphatic carbocycles. The van der Waals surface area contributed by atoms with Crippen LogP contribution < -0.4 is 15.6 Å². The summed E-state index contributed by atoms with van der Waals surface area (Å²) in [5.74, 6) is 0.601. The Morgan fingerprint density at radius 1 is 1.10 bits per heavy atom. The van der Waals surface area contributed by atoms with Gasteiger partial charge in [-0.3, -0.25) is 4.79 Å². The third-order valence-electron chi connectivity index (χ3n) is 4.37. The first kappa shape index (κ1) is 19.7. The molecule has 0 unspecified atom stereocenters. The van der Waals surface area contributed by atoms with E-state index in [0.717, 1.165) is 5.69 Å². The van der Waals surface area contributed by atoms with E-state index >= 15 is 0 Å². The average molecular weight is 420 g/mol. The number of hydrogen-bond donors (Lipinski definition) is 1. The van der Waals surface area contributed by atoms with Crippen molar-refractivity contribution in [1.29, 1.82) is 0 Å². The maximum atomic E-state index is 13.1. The molecule has 150 valence electrons. The number of carbonyl (C=O) groups is 1. The van der Waals surface area contributed by atoms with E-state index < -0.39 is 0 Å². The molecule has 0 aliphatic rings. The molecule has 0 spiro atoms. The van der Waals surface area contributed by atoms with Crippen LogP contribution in [0.4, 0.5) is 11.5 Å². The molecule has 4 aromatic rings. The van der Waals surface area contributed by atoms with Crippen molar-refractivity contribution in [3.8, 4) is 5.75 Å². The van der Waals surface area contributed by atoms with E-state index in [-0.39, 0.29) is 17.0 Å². The number of anilines is 1. The van der Waals surface area contributed by atoms with Crippen LogP contribution in [0, 0.1) is 6.92 Å². The Kier molecular flexibility index (Phi) is 5.50. The number of carbonyl (C=O) groups excluding carboxylic acids is 1. The standard InChI is InChI=1S/C23H18ClN3O3/c1-14-6-3-11-20(25-14)27-22(28)18-12-15-7-4-10-19(29-2)21(15)30-23(18)26-17-9-5-8-16(24)13-17/h3-13H,1-2H3,(H,25,27,28). The third-order valence-corrected chi connectivity index (χ3v) is 4.61. The van der Waals surface area contributed by atoms with Gasteiger partial charge in [-0.1, -0.05) is 35.9 Å². The van der Waals surface area contributed by atoms with Gasteiger partial charge in [0, 0.05) is 16.1 Å². The molecule has 2 heterocycles. The summed E-state index contributed by atoms with van der Waals surface area (Å²) in [6.07, 6.45) is 0. The summed E-state index contributed by atoms with van der Waals surface area (Å²) < 4.78 is 11.4. The zero-order chi connectivity index (χ0) is 21.1. The summed E-state index contributed by atoms with van der Waals surface area (Å²) in [5.41, 5.74) is 2.25. The molecule has 2 aromatic heterocycles. The van der Waals surface area contributed by atoms with Crippen LogP contribution >= 0.6 is 11.6 Å². The second kappa shape index (κ2) is 8.39. The maximum Gasteiger partial charge on any atom is 0.262 e. The van der Waals surface area contributed by atoms with E-state index in [9.17, 15) is 4.79 Å². The molecule has 1 N–H and O–H groups in total. The third kappa shape index (κ3) is 4.18. The quantitative estimate of drug-likeness (QED) is 0.488. The Hall–Kier alpha value is -3.64. The van der Waals surface area contributed by atoms with E-state index in [0.29, 0.717) is 33.2 Å². The zero-order valence-electron chi connectivity index (χ0n) is 16.3. The van der Waals surface area contributed by atoms with Gasteiger partial charge in [-0.15, -0.1) is 0 Å². The number of hydrogen-bond acceptors (Lipinski definition) is 5. The lowest BCUT2D eigenvalue weighted by molar-refractivity contribution is 0.102. The first-order valence-electron chi connectivity index (χ1n) is 9.19. The zero-order valence-corrected chi connectivity index (χ0v) is 17.1. The lowest BCUT2D eigenvalue weighted by atomic mass is 10.1. The predicted molar refractivity (Wildman–Crippen MR) is 116 cm³/mol. The minimum atomic E-state index is -0.387. The molecule has 4 rings (SSSR count). The fourth-order valence-electron chi connectivity index (χ4n) is 2.99. The molecule has 0 saturated heterocycles. The van der Waals surface area contributed by atoms with Gasteiger partial charge in [-0.05, 0) is 49.4 Å². The molecular formula is C23H18ClN3O3. The second-order valence-electron chi connectivity index (χ2n) is 6.55. The van der Waals surface area contributed by atoms with Crippen molar-refractivity contribution in [1.82, 2.24) is 4.98 Å². The normalized spacial score (nSPS) is 11.5. The molecule has 6 nitrogen and oxygen atoms in total. The average Bonchev–Trinajstić information content (AvgIpc) is 2.73. The Morgan fingerprint density at radius 3 is 2.67 bits per heavy atom. The van der Waals surface area contributed by atoms with Crippen LogP contribution in [-0.2, 0) is 0 Å². The van der Waals surface area contributed by atoms with Crippen LogP contribution in [0.3, 0.4) is 0 Å². The minimum absolute atomic E-state index is 0.138. The van der Waals surface area contributed by atoms with Gasteiger partial charge in [0.15, 0.2) is 11.3 Å². The van der Waals surface area contributed by atoms with Crippen molar-refractivity contribution in [2.45, 2.75) is 6.92 Å². The highest BCUT2D eigenvalue weighted by atomic mass is 35.5. The number of amides is 1. The molecule has 0 aliphatic heterocycles. The molecule has 1 amide bonds. The number of aromatic nitrogens is 1. The van der Waals surface area contributed by atoms with Crippen LogP contribution in [-0.4, -0.2) is 18.0 Å². The molecule has 0 fully saturated rings. The minimum Gasteiger partial charge on any atom is -0.493 e. The first-order valence-corrected chi connectivity index (χ1v) is 9.57. The topological polar surface area (TPSA) is 76.7 Å². The summed E-state index contributed by atoms with van der Waals surface area (Å²) in [6, 6.07) is 19.6. The smallest absolute Gasteiger partial charge is 0.262 e. The summed E-state index contributed by atoms with van der Waals surface area (Å²) >= 11 is 6.08. The summed E-state index contributed by atoms with van der Waals surface area (Å²) in [6.45, 7) is 1.85. The van der Waals surface area contributed by atoms with E-state index in [1.54, 1.807) is 49.6 Å². The van der Waals surface area contributed by atoms with Gasteiger partial charge in [0.25, 0.3) is 5.91 Å². The summed E-state index contributed by atoms with van der Waals surface area (Å²) in [5, 5.41) is 4.04. The van der Waals surface area contributed by atoms with Gasteiger partial charge in [-0.2, -0.15) is 0 Å². The monoisotopic (exact) mass is 419 g/mol. The van der Waals surface area contributed by atoms with Crippen molar-refractivity contribution >= 4 is 40.0 Å². The lowest BCUT2D eigenvalue weighted by Gasteiger charge is -2.09. The lowest BCUT2D eigenvalue weighted by Crippen LogP contribution is -2.22. The Bertz CT molecular complexity index is 1310. The number of aryl methyl sites for hydroxylation is 1. The predicted octanol–water partition coefficient (Wildman–Crippen LogP) is 5.28. The van der Waals surface area contributed by atoms with Crippen LogP contribution in [0.2, 0.25) is 5.02 Å². The highest BCUT2D eigenvalue weighted by Gasteiger charge is 2.15. The van der Waals surface area contributed by atoms with Crippen molar-refractivity contribution in [3.63, 3.8) is 0 Å². The molecule has 0 bridgehead atoms. The highest BCUT2D eigenvalue weighted by molar-refractivity contribution is 6.30. The molecule has 0 atom stereocenters. The number of rotatable bonds is 4. The van der Waals surface area contributed by atoms with Gasteiger partial charge >= 0.3 is 0 Å². The van der Waals surface area contributed by atoms with Crippen LogP contribution in [0.25, 0.3) is 11.0 Å². The number of nitrogens with zero attached hydrogens (tertiary/aromatic N) is 2. The fourth-order valence-corrected chi connectivity index (χ4v) is 3.17. The molecule has 0 saturated carbocycles. The first-order chi connectivity index (χ1) is 14.5. The van der Waals surface area contributed by atoms with Crippen molar-refractivity contribution in [3.05, 3.63) is 88.6 Å². The van der Waals surface area contributed by atoms with Gasteiger partial charge in [0.2, 0.25) is 5.55 Å². The number of nitrogens with one attached hydrogen (secondary N) is 1. The van der Waals surface area contributed by atoms with Gasteiger partial charge in [0.05, 0.1) is 12.8 Å². The number of para-hydroxylation sites is 1. The Morgan fingerprint density at radius 2 is 1.90 bits per heavy atom. The van der Waals surface area contributed by atoms with E-state index in [1.807, 2.05) is 31.2 Å². The summed E-state index contributed by atoms with van der Waals surface area (Å²) in [7, 11) is 1.56. The van der Waals surface area contributed by atoms with E-state index in [4.69, 9.17) is 20.8 Å². The number of fused-ring (bicyclic) bond motifs is 1. The van der Waals surface area contributed by atoms with Crippen LogP contribution in [0.1, 0.15) is 16.1 Å². The number of pyridine rings is 1. The maximum absolute atomic E-state index is 13.1. The van der Waals surface area contributed by atoms with Gasteiger partial charge in [-0.25, -0.2) is 9.98 Å². The van der Waals surface area contributed by atoms with Crippen molar-refractivity contribution in [2.24, 2.45) is 4.99 Å². The Balaban J connectivity index is 1.89. The number of benzene rings is 2. The molecule has 2 aromatic carbocycles. The summed E-state index contributed by atoms with van der Waals surface area (Å²) in [4.78, 5) is 21.9. The fraction of sp³-hybridized carbons (Fsp3) is 0.0870. The van der Waals surface area contributed by atoms with Gasteiger partial charge < -0.3 is 14.5 Å². The van der Waals surface area contributed by atoms with Crippen molar-refractivity contribution < 1.29 is 13.9 Å². The number of methoxy groups -OCH3 is 1. The van der Waals surface area contributed by atoms with Crippen LogP contribution in [0.15, 0.2) is 76.1 Å². The Labute approximate surface area is 177 Å². The van der Waals surface area contributed by atoms with Crippen molar-refractivity contribution in [2.75, 3.05) is 12.4 Å². The molecule has 30 heavy (non-hydrogen) atoms. The molecule has 7 heteroatoms. The highest BCUT2D eigenvalue weighted by Crippen LogP contribution is 2.25. The van der Waals surface area contributed by atoms with E-state index in [1.165, 1.54) is 0 Å². The SMILES string of the molecule is COc1cccc2cc(C(=O)Nc3cccc(C)n3)c(=Nc3cccc(Cl)c3)oc12.